The predicted octanol–water partition coefficient (Wildman–Crippen LogP) is 4.49. The fraction of sp³-hybridized carbons (Fsp3) is 1.00. The quantitative estimate of drug-likeness (QED) is 0.578. The summed E-state index contributed by atoms with van der Waals surface area (Å²) in [6, 6.07) is 0. The van der Waals surface area contributed by atoms with Crippen LogP contribution in [0.5, 0.6) is 0 Å². The van der Waals surface area contributed by atoms with Gasteiger partial charge in [0.2, 0.25) is 0 Å². The van der Waals surface area contributed by atoms with Crippen LogP contribution in [0.3, 0.4) is 0 Å². The van der Waals surface area contributed by atoms with E-state index in [-0.39, 0.29) is 52.6 Å². The summed E-state index contributed by atoms with van der Waals surface area (Å²) in [4.78, 5) is 0. The molecule has 1 heteroatoms. The van der Waals surface area contributed by atoms with Gasteiger partial charge in [-0.2, -0.15) is 0 Å². The maximum atomic E-state index is 2.21. The summed E-state index contributed by atoms with van der Waals surface area (Å²) in [5.41, 5.74) is 0. The van der Waals surface area contributed by atoms with Crippen LogP contribution in [0.15, 0.2) is 0 Å². The van der Waals surface area contributed by atoms with Crippen molar-refractivity contribution in [2.24, 2.45) is 0 Å². The Morgan fingerprint density at radius 3 is 1.00 bits per heavy atom. The molecule has 0 aromatic carbocycles. The summed E-state index contributed by atoms with van der Waals surface area (Å²) in [5.74, 6) is 0. The zero-order valence-corrected chi connectivity index (χ0v) is 7.18. The molecule has 0 N–H and O–H groups in total. The van der Waals surface area contributed by atoms with Crippen molar-refractivity contribution in [2.45, 2.75) is 61.8 Å². The van der Waals surface area contributed by atoms with Crippen LogP contribution in [0, 0.1) is 37.7 Å². The first-order valence-corrected chi connectivity index (χ1v) is 3.41. The van der Waals surface area contributed by atoms with E-state index >= 15 is 0 Å². The third-order valence-electron chi connectivity index (χ3n) is 0.707. The third-order valence-corrected chi connectivity index (χ3v) is 0.707. The first kappa shape index (κ1) is 30.2. The zero-order chi connectivity index (χ0) is 6.12. The molecule has 0 saturated heterocycles. The SMILES string of the molecule is C.C.CC.CCCCC.[Ar]. The summed E-state index contributed by atoms with van der Waals surface area (Å²) in [7, 11) is 0. The van der Waals surface area contributed by atoms with E-state index in [1.807, 2.05) is 13.8 Å². The molecule has 0 aromatic heterocycles. The van der Waals surface area contributed by atoms with Gasteiger partial charge in [0.1, 0.15) is 0 Å². The number of unbranched alkanes of at least 4 members (excludes halogenated alkanes) is 2. The molecule has 0 radical (unpaired) electrons. The fourth-order valence-corrected chi connectivity index (χ4v) is 0.354. The van der Waals surface area contributed by atoms with Crippen molar-refractivity contribution >= 4 is 0 Å². The van der Waals surface area contributed by atoms with Gasteiger partial charge in [0, 0.05) is 37.7 Å². The van der Waals surface area contributed by atoms with Gasteiger partial charge in [0.25, 0.3) is 0 Å². The molecule has 0 spiro atoms. The summed E-state index contributed by atoms with van der Waals surface area (Å²) >= 11 is 0. The monoisotopic (exact) mass is 174 g/mol. The molecule has 0 amide bonds. The molecule has 0 nitrogen and oxygen atoms in total. The first-order chi connectivity index (χ1) is 3.41. The second kappa shape index (κ2) is 48.5. The van der Waals surface area contributed by atoms with E-state index < -0.39 is 0 Å². The van der Waals surface area contributed by atoms with E-state index in [1.54, 1.807) is 0 Å². The van der Waals surface area contributed by atoms with E-state index in [0.29, 0.717) is 0 Å². The Kier molecular flexibility index (Phi) is 147. The number of hydrogen-bond donors (Lipinski definition) is 0. The molecule has 0 unspecified atom stereocenters. The molecular formula is C9H26Ar. The Morgan fingerprint density at radius 2 is 1.00 bits per heavy atom. The third kappa shape index (κ3) is 59.5. The second-order valence-corrected chi connectivity index (χ2v) is 1.35. The van der Waals surface area contributed by atoms with Gasteiger partial charge in [-0.1, -0.05) is 61.8 Å². The molecule has 0 atom stereocenters. The van der Waals surface area contributed by atoms with Crippen molar-refractivity contribution in [2.75, 3.05) is 0 Å². The van der Waals surface area contributed by atoms with Crippen LogP contribution in [-0.2, 0) is 0 Å². The van der Waals surface area contributed by atoms with Crippen molar-refractivity contribution in [1.82, 2.24) is 0 Å². The molecule has 0 saturated carbocycles. The molecule has 0 bridgehead atoms. The van der Waals surface area contributed by atoms with Gasteiger partial charge in [0.05, 0.1) is 0 Å². The van der Waals surface area contributed by atoms with Crippen LogP contribution in [0.25, 0.3) is 0 Å². The molecule has 0 rings (SSSR count). The Hall–Kier alpha value is 1.26. The van der Waals surface area contributed by atoms with Gasteiger partial charge in [-0.25, -0.2) is 0 Å². The Labute approximate surface area is 98.8 Å². The first-order valence-electron chi connectivity index (χ1n) is 3.41. The summed E-state index contributed by atoms with van der Waals surface area (Å²) in [6.07, 6.45) is 4.08. The minimum absolute atomic E-state index is 0. The average molecular weight is 174 g/mol. The Morgan fingerprint density at radius 1 is 0.800 bits per heavy atom. The molecule has 70 valence electrons. The minimum Gasteiger partial charge on any atom is -0.0776 e. The largest absolute Gasteiger partial charge is 0.0776 e. The molecular weight excluding hydrogens is 148 g/mol. The molecule has 0 aliphatic rings. The van der Waals surface area contributed by atoms with Crippen LogP contribution < -0.4 is 0 Å². The van der Waals surface area contributed by atoms with Crippen molar-refractivity contribution in [3.63, 3.8) is 0 Å². The standard InChI is InChI=1S/C5H12.C2H6.2CH4.Ar/c1-3-5-4-2;1-2;;;/h3-5H2,1-2H3;1-2H3;2*1H4;. The zero-order valence-electron chi connectivity index (χ0n) is 6.47. The van der Waals surface area contributed by atoms with Crippen LogP contribution in [0.4, 0.5) is 0 Å². The van der Waals surface area contributed by atoms with Crippen molar-refractivity contribution < 1.29 is 37.7 Å². The molecule has 0 aliphatic carbocycles. The summed E-state index contributed by atoms with van der Waals surface area (Å²) in [6.45, 7) is 8.42. The normalized spacial score (nSPS) is 4.80. The van der Waals surface area contributed by atoms with E-state index in [2.05, 4.69) is 13.8 Å². The van der Waals surface area contributed by atoms with Gasteiger partial charge < -0.3 is 0 Å². The predicted molar refractivity (Wildman–Crippen MR) is 50.0 cm³/mol. The van der Waals surface area contributed by atoms with E-state index in [0.717, 1.165) is 0 Å². The van der Waals surface area contributed by atoms with Gasteiger partial charge >= 0.3 is 0 Å². The summed E-state index contributed by atoms with van der Waals surface area (Å²) < 4.78 is 0. The average Bonchev–Trinajstić information content (AvgIpc) is 1.75. The van der Waals surface area contributed by atoms with E-state index in [9.17, 15) is 0 Å². The fourth-order valence-electron chi connectivity index (χ4n) is 0.354. The molecule has 0 heterocycles. The van der Waals surface area contributed by atoms with Crippen molar-refractivity contribution in [3.8, 4) is 0 Å². The molecule has 0 aromatic rings. The smallest absolute Gasteiger partial charge is 0 e. The number of hydrogen-bond acceptors (Lipinski definition) is 0. The van der Waals surface area contributed by atoms with Crippen molar-refractivity contribution in [1.29, 1.82) is 0 Å². The van der Waals surface area contributed by atoms with Crippen LogP contribution in [-0.4, -0.2) is 0 Å². The van der Waals surface area contributed by atoms with E-state index in [1.165, 1.54) is 19.3 Å². The van der Waals surface area contributed by atoms with Crippen LogP contribution in [0.1, 0.15) is 61.8 Å². The maximum absolute atomic E-state index is 2.21. The van der Waals surface area contributed by atoms with Crippen molar-refractivity contribution in [3.05, 3.63) is 0 Å². The Bertz CT molecular complexity index is 12.2. The number of rotatable bonds is 2. The van der Waals surface area contributed by atoms with Gasteiger partial charge in [-0.3, -0.25) is 0 Å². The van der Waals surface area contributed by atoms with Crippen LogP contribution >= 0.6 is 0 Å². The van der Waals surface area contributed by atoms with Gasteiger partial charge in [-0.15, -0.1) is 0 Å². The Balaban J connectivity index is -0.0000000154. The van der Waals surface area contributed by atoms with Gasteiger partial charge in [-0.05, 0) is 0 Å². The minimum atomic E-state index is 0. The second-order valence-electron chi connectivity index (χ2n) is 1.35. The van der Waals surface area contributed by atoms with Gasteiger partial charge in [0.15, 0.2) is 0 Å². The topological polar surface area (TPSA) is 0 Å². The molecule has 10 heavy (non-hydrogen) atoms. The summed E-state index contributed by atoms with van der Waals surface area (Å²) in [5, 5.41) is 0. The van der Waals surface area contributed by atoms with E-state index in [4.69, 9.17) is 0 Å². The maximum Gasteiger partial charge on any atom is 0 e. The molecule has 0 aliphatic heterocycles. The molecule has 0 fully saturated rings. The van der Waals surface area contributed by atoms with Crippen LogP contribution in [0.2, 0.25) is 0 Å².